The molecule has 0 saturated carbocycles. The van der Waals surface area contributed by atoms with Crippen LogP contribution in [-0.4, -0.2) is 43.7 Å². The second kappa shape index (κ2) is 11.1. The highest BCUT2D eigenvalue weighted by Crippen LogP contribution is 2.47. The third kappa shape index (κ3) is 7.03. The number of ether oxygens (including phenoxy) is 5. The molecule has 2 aromatic carbocycles. The SMILES string of the molecule is CC[C@](C)(Oc1ccc(OCCCOc2cc3c(cc2Cl)C(C(F)(F)F)=CC(C)(C)O3)cc1)C(=O)OC. The van der Waals surface area contributed by atoms with Crippen molar-refractivity contribution in [3.8, 4) is 23.0 Å². The molecule has 0 unspecified atom stereocenters. The minimum Gasteiger partial charge on any atom is -0.493 e. The topological polar surface area (TPSA) is 63.2 Å². The predicted molar refractivity (Wildman–Crippen MR) is 134 cm³/mol. The van der Waals surface area contributed by atoms with Gasteiger partial charge in [0.05, 0.1) is 30.9 Å². The summed E-state index contributed by atoms with van der Waals surface area (Å²) in [6.07, 6.45) is -2.57. The number of benzene rings is 2. The number of esters is 1. The molecule has 1 atom stereocenters. The minimum atomic E-state index is -4.54. The van der Waals surface area contributed by atoms with E-state index in [1.54, 1.807) is 45.0 Å². The lowest BCUT2D eigenvalue weighted by Gasteiger charge is -2.32. The molecule has 3 rings (SSSR count). The van der Waals surface area contributed by atoms with Crippen LogP contribution < -0.4 is 18.9 Å². The molecule has 37 heavy (non-hydrogen) atoms. The molecule has 0 spiro atoms. The van der Waals surface area contributed by atoms with Crippen LogP contribution in [0.5, 0.6) is 23.0 Å². The van der Waals surface area contributed by atoms with Crippen molar-refractivity contribution in [2.45, 2.75) is 57.9 Å². The molecule has 1 aliphatic rings. The molecule has 2 aromatic rings. The molecule has 0 bridgehead atoms. The van der Waals surface area contributed by atoms with Crippen molar-refractivity contribution < 1.29 is 41.7 Å². The van der Waals surface area contributed by atoms with Crippen LogP contribution in [0.25, 0.3) is 5.57 Å². The first kappa shape index (κ1) is 28.5. The van der Waals surface area contributed by atoms with Crippen molar-refractivity contribution in [2.24, 2.45) is 0 Å². The first-order valence-electron chi connectivity index (χ1n) is 11.7. The van der Waals surface area contributed by atoms with Crippen molar-refractivity contribution in [2.75, 3.05) is 20.3 Å². The Morgan fingerprint density at radius 1 is 1.05 bits per heavy atom. The van der Waals surface area contributed by atoms with Crippen LogP contribution >= 0.6 is 11.6 Å². The van der Waals surface area contributed by atoms with Crippen LogP contribution in [0.2, 0.25) is 5.02 Å². The fourth-order valence-electron chi connectivity index (χ4n) is 3.68. The van der Waals surface area contributed by atoms with E-state index in [2.05, 4.69) is 0 Å². The molecule has 0 radical (unpaired) electrons. The highest BCUT2D eigenvalue weighted by Gasteiger charge is 2.42. The molecule has 202 valence electrons. The molecular formula is C27H30ClF3O6. The number of allylic oxidation sites excluding steroid dienone is 1. The quantitative estimate of drug-likeness (QED) is 0.237. The number of hydrogen-bond acceptors (Lipinski definition) is 6. The summed E-state index contributed by atoms with van der Waals surface area (Å²) in [6.45, 7) is 7.14. The van der Waals surface area contributed by atoms with E-state index in [1.165, 1.54) is 19.2 Å². The Morgan fingerprint density at radius 2 is 1.68 bits per heavy atom. The van der Waals surface area contributed by atoms with Gasteiger partial charge in [0.25, 0.3) is 0 Å². The van der Waals surface area contributed by atoms with Gasteiger partial charge in [0.1, 0.15) is 28.6 Å². The first-order chi connectivity index (χ1) is 17.3. The Hall–Kier alpha value is -3.07. The Labute approximate surface area is 219 Å². The summed E-state index contributed by atoms with van der Waals surface area (Å²) in [5.41, 5.74) is -3.13. The lowest BCUT2D eigenvalue weighted by molar-refractivity contribution is -0.157. The molecule has 10 heteroatoms. The number of alkyl halides is 3. The Balaban J connectivity index is 1.54. The van der Waals surface area contributed by atoms with Gasteiger partial charge in [0.15, 0.2) is 0 Å². The molecule has 1 heterocycles. The molecule has 0 fully saturated rings. The van der Waals surface area contributed by atoms with Gasteiger partial charge in [-0.25, -0.2) is 4.79 Å². The summed E-state index contributed by atoms with van der Waals surface area (Å²) in [6, 6.07) is 9.42. The second-order valence-electron chi connectivity index (χ2n) is 9.24. The zero-order valence-corrected chi connectivity index (χ0v) is 22.1. The number of carbonyl (C=O) groups excluding carboxylic acids is 1. The average molecular weight is 543 g/mol. The highest BCUT2D eigenvalue weighted by atomic mass is 35.5. The standard InChI is InChI=1S/C27H30ClF3O6/c1-6-26(4,24(32)33-5)36-18-10-8-17(9-11-18)34-12-7-13-35-23-15-22-19(14-21(23)28)20(27(29,30)31)16-25(2,3)37-22/h8-11,14-16H,6-7,12-13H2,1-5H3/t26-/m0/s1. The van der Waals surface area contributed by atoms with Crippen LogP contribution in [0.3, 0.4) is 0 Å². The summed E-state index contributed by atoms with van der Waals surface area (Å²) in [4.78, 5) is 12.0. The normalized spacial score (nSPS) is 16.0. The van der Waals surface area contributed by atoms with Gasteiger partial charge in [-0.2, -0.15) is 13.2 Å². The summed E-state index contributed by atoms with van der Waals surface area (Å²) >= 11 is 6.21. The van der Waals surface area contributed by atoms with Gasteiger partial charge in [-0.3, -0.25) is 0 Å². The summed E-state index contributed by atoms with van der Waals surface area (Å²) < 4.78 is 68.4. The molecular weight excluding hydrogens is 513 g/mol. The fourth-order valence-corrected chi connectivity index (χ4v) is 3.90. The zero-order valence-electron chi connectivity index (χ0n) is 21.3. The molecule has 1 aliphatic heterocycles. The van der Waals surface area contributed by atoms with Gasteiger partial charge in [-0.05, 0) is 63.6 Å². The van der Waals surface area contributed by atoms with Crippen LogP contribution in [0.4, 0.5) is 13.2 Å². The number of methoxy groups -OCH3 is 1. The molecule has 0 aromatic heterocycles. The summed E-state index contributed by atoms with van der Waals surface area (Å²) in [5, 5.41) is 0.0553. The van der Waals surface area contributed by atoms with E-state index in [4.69, 9.17) is 35.3 Å². The smallest absolute Gasteiger partial charge is 0.416 e. The number of hydrogen-bond donors (Lipinski definition) is 0. The van der Waals surface area contributed by atoms with E-state index in [1.807, 2.05) is 6.92 Å². The van der Waals surface area contributed by atoms with Crippen molar-refractivity contribution in [1.29, 1.82) is 0 Å². The Morgan fingerprint density at radius 3 is 2.27 bits per heavy atom. The Bertz CT molecular complexity index is 1140. The number of rotatable bonds is 10. The molecule has 6 nitrogen and oxygen atoms in total. The van der Waals surface area contributed by atoms with Gasteiger partial charge >= 0.3 is 12.1 Å². The van der Waals surface area contributed by atoms with Gasteiger partial charge in [-0.1, -0.05) is 18.5 Å². The summed E-state index contributed by atoms with van der Waals surface area (Å²) in [7, 11) is 1.31. The van der Waals surface area contributed by atoms with Crippen LogP contribution in [-0.2, 0) is 9.53 Å². The van der Waals surface area contributed by atoms with E-state index in [-0.39, 0.29) is 28.7 Å². The maximum absolute atomic E-state index is 13.5. The highest BCUT2D eigenvalue weighted by molar-refractivity contribution is 6.32. The van der Waals surface area contributed by atoms with Crippen molar-refractivity contribution in [3.05, 3.63) is 53.1 Å². The molecule has 0 saturated heterocycles. The van der Waals surface area contributed by atoms with Crippen molar-refractivity contribution in [1.82, 2.24) is 0 Å². The van der Waals surface area contributed by atoms with E-state index < -0.39 is 28.9 Å². The first-order valence-corrected chi connectivity index (χ1v) is 12.1. The van der Waals surface area contributed by atoms with E-state index in [9.17, 15) is 18.0 Å². The minimum absolute atomic E-state index is 0.0553. The monoisotopic (exact) mass is 542 g/mol. The lowest BCUT2D eigenvalue weighted by atomic mass is 9.94. The van der Waals surface area contributed by atoms with E-state index in [0.29, 0.717) is 30.9 Å². The molecule has 0 amide bonds. The van der Waals surface area contributed by atoms with Gasteiger partial charge in [-0.15, -0.1) is 0 Å². The fraction of sp³-hybridized carbons (Fsp3) is 0.444. The predicted octanol–water partition coefficient (Wildman–Crippen LogP) is 7.03. The average Bonchev–Trinajstić information content (AvgIpc) is 2.83. The lowest BCUT2D eigenvalue weighted by Crippen LogP contribution is -2.41. The largest absolute Gasteiger partial charge is 0.493 e. The summed E-state index contributed by atoms with van der Waals surface area (Å²) in [5.74, 6) is 0.927. The zero-order chi connectivity index (χ0) is 27.4. The van der Waals surface area contributed by atoms with Gasteiger partial charge in [0.2, 0.25) is 5.60 Å². The van der Waals surface area contributed by atoms with Crippen molar-refractivity contribution >= 4 is 23.1 Å². The Kier molecular flexibility index (Phi) is 8.57. The maximum atomic E-state index is 13.5. The van der Waals surface area contributed by atoms with Crippen LogP contribution in [0.1, 0.15) is 46.1 Å². The number of halogens is 4. The van der Waals surface area contributed by atoms with Gasteiger partial charge < -0.3 is 23.7 Å². The maximum Gasteiger partial charge on any atom is 0.416 e. The third-order valence-corrected chi connectivity index (χ3v) is 6.06. The molecule has 0 N–H and O–H groups in total. The second-order valence-corrected chi connectivity index (χ2v) is 9.65. The number of carbonyl (C=O) groups is 1. The number of fused-ring (bicyclic) bond motifs is 1. The van der Waals surface area contributed by atoms with E-state index in [0.717, 1.165) is 6.08 Å². The van der Waals surface area contributed by atoms with Gasteiger partial charge in [0, 0.05) is 18.1 Å². The third-order valence-electron chi connectivity index (χ3n) is 5.77. The van der Waals surface area contributed by atoms with Crippen LogP contribution in [0, 0.1) is 0 Å². The van der Waals surface area contributed by atoms with Crippen LogP contribution in [0.15, 0.2) is 42.5 Å². The van der Waals surface area contributed by atoms with Crippen molar-refractivity contribution in [3.63, 3.8) is 0 Å². The van der Waals surface area contributed by atoms with E-state index >= 15 is 0 Å². The molecule has 0 aliphatic carbocycles.